The highest BCUT2D eigenvalue weighted by molar-refractivity contribution is 5.91. The summed E-state index contributed by atoms with van der Waals surface area (Å²) in [7, 11) is 0. The average molecular weight is 258 g/mol. The number of rotatable bonds is 6. The van der Waals surface area contributed by atoms with E-state index in [0.29, 0.717) is 0 Å². The van der Waals surface area contributed by atoms with Crippen molar-refractivity contribution in [3.05, 3.63) is 29.8 Å². The molecule has 2 aliphatic rings. The Morgan fingerprint density at radius 3 is 2.53 bits per heavy atom. The van der Waals surface area contributed by atoms with Gasteiger partial charge in [-0.15, -0.1) is 0 Å². The van der Waals surface area contributed by atoms with Gasteiger partial charge in [-0.25, -0.2) is 0 Å². The van der Waals surface area contributed by atoms with Gasteiger partial charge < -0.3 is 11.1 Å². The number of carbonyl (C=O) groups is 1. The van der Waals surface area contributed by atoms with E-state index in [1.807, 2.05) is 24.3 Å². The van der Waals surface area contributed by atoms with Crippen molar-refractivity contribution in [1.82, 2.24) is 5.32 Å². The summed E-state index contributed by atoms with van der Waals surface area (Å²) in [6.45, 7) is 0.825. The van der Waals surface area contributed by atoms with Crippen LogP contribution in [-0.4, -0.2) is 12.5 Å². The van der Waals surface area contributed by atoms with Gasteiger partial charge in [0, 0.05) is 12.2 Å². The van der Waals surface area contributed by atoms with Crippen LogP contribution in [0.3, 0.4) is 0 Å². The summed E-state index contributed by atoms with van der Waals surface area (Å²) < 4.78 is 0. The number of benzene rings is 1. The zero-order valence-corrected chi connectivity index (χ0v) is 11.3. The van der Waals surface area contributed by atoms with Crippen molar-refractivity contribution < 1.29 is 4.79 Å². The lowest BCUT2D eigenvalue weighted by atomic mass is 9.94. The molecule has 0 radical (unpaired) electrons. The fourth-order valence-corrected chi connectivity index (χ4v) is 2.74. The smallest absolute Gasteiger partial charge is 0.230 e. The molecule has 0 heterocycles. The third-order valence-electron chi connectivity index (χ3n) is 4.42. The van der Waals surface area contributed by atoms with Gasteiger partial charge in [-0.3, -0.25) is 4.79 Å². The second-order valence-corrected chi connectivity index (χ2v) is 6.05. The minimum atomic E-state index is -0.257. The van der Waals surface area contributed by atoms with Gasteiger partial charge in [0.1, 0.15) is 0 Å². The van der Waals surface area contributed by atoms with Crippen LogP contribution in [0.25, 0.3) is 0 Å². The topological polar surface area (TPSA) is 55.1 Å². The second-order valence-electron chi connectivity index (χ2n) is 6.05. The first-order valence-corrected chi connectivity index (χ1v) is 7.35. The van der Waals surface area contributed by atoms with Crippen molar-refractivity contribution in [1.29, 1.82) is 0 Å². The summed E-state index contributed by atoms with van der Waals surface area (Å²) >= 11 is 0. The molecule has 3 heteroatoms. The van der Waals surface area contributed by atoms with E-state index in [2.05, 4.69) is 5.32 Å². The van der Waals surface area contributed by atoms with Crippen molar-refractivity contribution in [2.24, 2.45) is 5.92 Å². The molecule has 3 N–H and O–H groups in total. The maximum atomic E-state index is 12.3. The molecule has 2 aliphatic carbocycles. The van der Waals surface area contributed by atoms with Crippen LogP contribution in [0.1, 0.15) is 44.1 Å². The largest absolute Gasteiger partial charge is 0.399 e. The zero-order chi connectivity index (χ0) is 13.3. The summed E-state index contributed by atoms with van der Waals surface area (Å²) in [5, 5.41) is 3.11. The molecule has 0 aliphatic heterocycles. The second kappa shape index (κ2) is 4.87. The van der Waals surface area contributed by atoms with Gasteiger partial charge in [0.15, 0.2) is 0 Å². The number of amides is 1. The summed E-state index contributed by atoms with van der Waals surface area (Å²) in [5.41, 5.74) is 7.31. The molecule has 102 valence electrons. The molecule has 1 aromatic rings. The molecule has 0 bridgehead atoms. The van der Waals surface area contributed by atoms with Crippen molar-refractivity contribution in [3.63, 3.8) is 0 Å². The van der Waals surface area contributed by atoms with Crippen molar-refractivity contribution in [3.8, 4) is 0 Å². The molecular weight excluding hydrogens is 236 g/mol. The normalized spacial score (nSPS) is 20.0. The van der Waals surface area contributed by atoms with Gasteiger partial charge in [0.25, 0.3) is 0 Å². The third kappa shape index (κ3) is 2.75. The predicted molar refractivity (Wildman–Crippen MR) is 76.7 cm³/mol. The SMILES string of the molecule is Nc1ccc(C2(C(=O)NCCCC3CC3)CC2)cc1. The lowest BCUT2D eigenvalue weighted by molar-refractivity contribution is -0.123. The van der Waals surface area contributed by atoms with Gasteiger partial charge in [0.2, 0.25) is 5.91 Å². The minimum Gasteiger partial charge on any atom is -0.399 e. The fraction of sp³-hybridized carbons (Fsp3) is 0.562. The first-order valence-electron chi connectivity index (χ1n) is 7.35. The number of hydrogen-bond donors (Lipinski definition) is 2. The standard InChI is InChI=1S/C16H22N2O/c17-14-7-5-13(6-8-14)16(9-10-16)15(19)18-11-1-2-12-3-4-12/h5-8,12H,1-4,9-11,17H2,(H,18,19). The van der Waals surface area contributed by atoms with Gasteiger partial charge >= 0.3 is 0 Å². The first-order chi connectivity index (χ1) is 9.21. The quantitative estimate of drug-likeness (QED) is 0.608. The summed E-state index contributed by atoms with van der Waals surface area (Å²) in [4.78, 5) is 12.3. The number of hydrogen-bond acceptors (Lipinski definition) is 2. The Hall–Kier alpha value is -1.51. The van der Waals surface area contributed by atoms with Gasteiger partial charge in [-0.1, -0.05) is 25.0 Å². The summed E-state index contributed by atoms with van der Waals surface area (Å²) in [5.74, 6) is 1.15. The number of carbonyl (C=O) groups excluding carboxylic acids is 1. The number of nitrogens with one attached hydrogen (secondary N) is 1. The van der Waals surface area contributed by atoms with Gasteiger partial charge in [0.05, 0.1) is 5.41 Å². The van der Waals surface area contributed by atoms with E-state index in [1.165, 1.54) is 19.3 Å². The number of nitrogens with two attached hydrogens (primary N) is 1. The fourth-order valence-electron chi connectivity index (χ4n) is 2.74. The molecule has 1 amide bonds. The van der Waals surface area contributed by atoms with Crippen LogP contribution in [0.4, 0.5) is 5.69 Å². The Morgan fingerprint density at radius 2 is 1.95 bits per heavy atom. The van der Waals surface area contributed by atoms with E-state index in [9.17, 15) is 4.79 Å². The van der Waals surface area contributed by atoms with Gasteiger partial charge in [-0.05, 0) is 49.3 Å². The number of anilines is 1. The third-order valence-corrected chi connectivity index (χ3v) is 4.42. The lowest BCUT2D eigenvalue weighted by Gasteiger charge is -2.16. The Morgan fingerprint density at radius 1 is 1.26 bits per heavy atom. The van der Waals surface area contributed by atoms with E-state index in [-0.39, 0.29) is 11.3 Å². The van der Waals surface area contributed by atoms with E-state index >= 15 is 0 Å². The highest BCUT2D eigenvalue weighted by Gasteiger charge is 2.50. The Balaban J connectivity index is 1.54. The van der Waals surface area contributed by atoms with Crippen LogP contribution >= 0.6 is 0 Å². The highest BCUT2D eigenvalue weighted by atomic mass is 16.2. The Kier molecular flexibility index (Phi) is 3.21. The maximum Gasteiger partial charge on any atom is 0.230 e. The molecule has 0 atom stereocenters. The molecule has 0 unspecified atom stereocenters. The van der Waals surface area contributed by atoms with E-state index in [4.69, 9.17) is 5.73 Å². The molecule has 0 spiro atoms. The van der Waals surface area contributed by atoms with Crippen molar-refractivity contribution >= 4 is 11.6 Å². The summed E-state index contributed by atoms with van der Waals surface area (Å²) in [6.07, 6.45) is 7.10. The molecule has 3 rings (SSSR count). The van der Waals surface area contributed by atoms with Crippen LogP contribution in [0.15, 0.2) is 24.3 Å². The molecular formula is C16H22N2O. The Labute approximate surface area is 114 Å². The predicted octanol–water partition coefficient (Wildman–Crippen LogP) is 2.61. The number of nitrogen functional groups attached to an aromatic ring is 1. The molecule has 0 aromatic heterocycles. The summed E-state index contributed by atoms with van der Waals surface area (Å²) in [6, 6.07) is 7.75. The monoisotopic (exact) mass is 258 g/mol. The molecule has 2 saturated carbocycles. The average Bonchev–Trinajstić information content (AvgIpc) is 3.27. The van der Waals surface area contributed by atoms with Crippen LogP contribution in [0.2, 0.25) is 0 Å². The Bertz CT molecular complexity index is 458. The van der Waals surface area contributed by atoms with Crippen LogP contribution < -0.4 is 11.1 Å². The molecule has 0 saturated heterocycles. The zero-order valence-electron chi connectivity index (χ0n) is 11.3. The van der Waals surface area contributed by atoms with Crippen molar-refractivity contribution in [2.75, 3.05) is 12.3 Å². The van der Waals surface area contributed by atoms with Crippen molar-refractivity contribution in [2.45, 2.75) is 43.9 Å². The van der Waals surface area contributed by atoms with E-state index < -0.39 is 0 Å². The minimum absolute atomic E-state index is 0.202. The van der Waals surface area contributed by atoms with Crippen LogP contribution in [0, 0.1) is 5.92 Å². The molecule has 2 fully saturated rings. The highest BCUT2D eigenvalue weighted by Crippen LogP contribution is 2.48. The van der Waals surface area contributed by atoms with E-state index in [1.54, 1.807) is 0 Å². The van der Waals surface area contributed by atoms with E-state index in [0.717, 1.165) is 43.0 Å². The molecule has 1 aromatic carbocycles. The van der Waals surface area contributed by atoms with Crippen LogP contribution in [-0.2, 0) is 10.2 Å². The van der Waals surface area contributed by atoms with Gasteiger partial charge in [-0.2, -0.15) is 0 Å². The first kappa shape index (κ1) is 12.5. The maximum absolute atomic E-state index is 12.3. The lowest BCUT2D eigenvalue weighted by Crippen LogP contribution is -2.35. The molecule has 19 heavy (non-hydrogen) atoms. The molecule has 3 nitrogen and oxygen atoms in total. The van der Waals surface area contributed by atoms with Crippen LogP contribution in [0.5, 0.6) is 0 Å².